The molecule has 110 valence electrons. The van der Waals surface area contributed by atoms with E-state index >= 15 is 0 Å². The van der Waals surface area contributed by atoms with Gasteiger partial charge in [-0.25, -0.2) is 22.6 Å². The van der Waals surface area contributed by atoms with E-state index < -0.39 is 26.7 Å². The normalized spacial score (nSPS) is 11.1. The van der Waals surface area contributed by atoms with Gasteiger partial charge in [0.1, 0.15) is 16.4 Å². The fourth-order valence-electron chi connectivity index (χ4n) is 1.48. The second kappa shape index (κ2) is 5.66. The van der Waals surface area contributed by atoms with Crippen LogP contribution < -0.4 is 4.72 Å². The first-order chi connectivity index (χ1) is 9.79. The predicted octanol–water partition coefficient (Wildman–Crippen LogP) is 2.37. The topological polar surface area (TPSA) is 96.4 Å². The summed E-state index contributed by atoms with van der Waals surface area (Å²) in [6, 6.07) is 5.48. The molecule has 1 aromatic carbocycles. The van der Waals surface area contributed by atoms with Crippen molar-refractivity contribution in [1.82, 2.24) is 4.98 Å². The van der Waals surface area contributed by atoms with Gasteiger partial charge in [0, 0.05) is 5.02 Å². The van der Waals surface area contributed by atoms with Gasteiger partial charge >= 0.3 is 5.97 Å². The summed E-state index contributed by atoms with van der Waals surface area (Å²) in [4.78, 5) is 13.6. The van der Waals surface area contributed by atoms with E-state index in [0.717, 1.165) is 24.4 Å². The molecule has 0 atom stereocenters. The molecular weight excluding hydrogens is 323 g/mol. The maximum absolute atomic E-state index is 13.6. The Hall–Kier alpha value is -2.19. The molecule has 0 aliphatic carbocycles. The van der Waals surface area contributed by atoms with E-state index in [4.69, 9.17) is 16.7 Å². The number of benzene rings is 1. The summed E-state index contributed by atoms with van der Waals surface area (Å²) < 4.78 is 39.7. The fraction of sp³-hybridized carbons (Fsp3) is 0. The van der Waals surface area contributed by atoms with Crippen molar-refractivity contribution in [3.63, 3.8) is 0 Å². The Morgan fingerprint density at radius 2 is 2.00 bits per heavy atom. The summed E-state index contributed by atoms with van der Waals surface area (Å²) in [7, 11) is -4.16. The van der Waals surface area contributed by atoms with E-state index in [1.807, 2.05) is 0 Å². The van der Waals surface area contributed by atoms with Crippen molar-refractivity contribution >= 4 is 33.3 Å². The van der Waals surface area contributed by atoms with E-state index in [1.54, 1.807) is 0 Å². The van der Waals surface area contributed by atoms with Crippen LogP contribution in [0.4, 0.5) is 10.1 Å². The van der Waals surface area contributed by atoms with Crippen molar-refractivity contribution in [2.24, 2.45) is 0 Å². The van der Waals surface area contributed by atoms with Gasteiger partial charge in [-0.3, -0.25) is 4.72 Å². The van der Waals surface area contributed by atoms with Crippen molar-refractivity contribution < 1.29 is 22.7 Å². The molecular formula is C12H8ClFN2O4S. The minimum Gasteiger partial charge on any atom is -0.477 e. The number of pyridine rings is 1. The van der Waals surface area contributed by atoms with Crippen LogP contribution in [0.15, 0.2) is 41.4 Å². The Balaban J connectivity index is 2.30. The molecule has 2 N–H and O–H groups in total. The molecule has 0 unspecified atom stereocenters. The minimum atomic E-state index is -4.16. The molecule has 0 spiro atoms. The van der Waals surface area contributed by atoms with Crippen LogP contribution in [-0.4, -0.2) is 24.5 Å². The molecule has 2 aromatic rings. The minimum absolute atomic E-state index is 0.00866. The number of carbonyl (C=O) groups is 1. The Bertz CT molecular complexity index is 793. The number of hydrogen-bond donors (Lipinski definition) is 2. The smallest absolute Gasteiger partial charge is 0.354 e. The monoisotopic (exact) mass is 330 g/mol. The molecule has 0 saturated carbocycles. The summed E-state index contributed by atoms with van der Waals surface area (Å²) >= 11 is 5.55. The van der Waals surface area contributed by atoms with Crippen molar-refractivity contribution in [2.75, 3.05) is 4.72 Å². The van der Waals surface area contributed by atoms with Gasteiger partial charge in [0.15, 0.2) is 0 Å². The van der Waals surface area contributed by atoms with Crippen LogP contribution in [0.1, 0.15) is 10.5 Å². The van der Waals surface area contributed by atoms with E-state index in [0.29, 0.717) is 0 Å². The summed E-state index contributed by atoms with van der Waals surface area (Å²) in [5, 5.41) is 8.75. The van der Waals surface area contributed by atoms with Gasteiger partial charge in [0.2, 0.25) is 0 Å². The van der Waals surface area contributed by atoms with E-state index in [-0.39, 0.29) is 16.4 Å². The van der Waals surface area contributed by atoms with Crippen LogP contribution in [0.2, 0.25) is 5.02 Å². The van der Waals surface area contributed by atoms with Gasteiger partial charge in [-0.05, 0) is 30.3 Å². The predicted molar refractivity (Wildman–Crippen MR) is 73.4 cm³/mol. The number of rotatable bonds is 4. The Kier molecular flexibility index (Phi) is 4.10. The maximum atomic E-state index is 13.6. The molecule has 0 saturated heterocycles. The molecule has 0 radical (unpaired) electrons. The first-order valence-electron chi connectivity index (χ1n) is 5.47. The van der Waals surface area contributed by atoms with Gasteiger partial charge in [-0.2, -0.15) is 0 Å². The standard InChI is InChI=1S/C12H8ClFN2O4S/c13-7-1-4-11(9(14)5-7)21(19,20)16-8-2-3-10(12(17)18)15-6-8/h1-6,16H,(H,17,18). The highest BCUT2D eigenvalue weighted by Gasteiger charge is 2.19. The SMILES string of the molecule is O=C(O)c1ccc(NS(=O)(=O)c2ccc(Cl)cc2F)cn1. The van der Waals surface area contributed by atoms with E-state index in [9.17, 15) is 17.6 Å². The first-order valence-corrected chi connectivity index (χ1v) is 7.33. The van der Waals surface area contributed by atoms with Gasteiger partial charge in [-0.15, -0.1) is 0 Å². The van der Waals surface area contributed by atoms with Crippen molar-refractivity contribution in [3.05, 3.63) is 53.1 Å². The zero-order chi connectivity index (χ0) is 15.6. The lowest BCUT2D eigenvalue weighted by Crippen LogP contribution is -2.15. The van der Waals surface area contributed by atoms with Crippen LogP contribution >= 0.6 is 11.6 Å². The van der Waals surface area contributed by atoms with Crippen molar-refractivity contribution in [1.29, 1.82) is 0 Å². The van der Waals surface area contributed by atoms with Crippen LogP contribution in [0.3, 0.4) is 0 Å². The van der Waals surface area contributed by atoms with Gasteiger partial charge in [-0.1, -0.05) is 11.6 Å². The third-order valence-corrected chi connectivity index (χ3v) is 4.07. The molecule has 1 aromatic heterocycles. The van der Waals surface area contributed by atoms with Gasteiger partial charge < -0.3 is 5.11 Å². The maximum Gasteiger partial charge on any atom is 0.354 e. The number of hydrogen-bond acceptors (Lipinski definition) is 4. The average Bonchev–Trinajstić information content (AvgIpc) is 2.38. The largest absolute Gasteiger partial charge is 0.477 e. The lowest BCUT2D eigenvalue weighted by molar-refractivity contribution is 0.0690. The number of nitrogens with one attached hydrogen (secondary N) is 1. The molecule has 21 heavy (non-hydrogen) atoms. The third-order valence-electron chi connectivity index (χ3n) is 2.42. The number of aromatic nitrogens is 1. The summed E-state index contributed by atoms with van der Waals surface area (Å²) in [5.41, 5.74) is -0.232. The first kappa shape index (κ1) is 15.2. The Labute approximate surface area is 124 Å². The summed E-state index contributed by atoms with van der Waals surface area (Å²) in [6.07, 6.45) is 1.02. The van der Waals surface area contributed by atoms with E-state index in [2.05, 4.69) is 9.71 Å². The molecule has 6 nitrogen and oxygen atoms in total. The lowest BCUT2D eigenvalue weighted by Gasteiger charge is -2.08. The summed E-state index contributed by atoms with van der Waals surface area (Å²) in [5.74, 6) is -2.24. The van der Waals surface area contributed by atoms with Crippen LogP contribution in [0, 0.1) is 5.82 Å². The zero-order valence-corrected chi connectivity index (χ0v) is 11.8. The van der Waals surface area contributed by atoms with Gasteiger partial charge in [0.05, 0.1) is 11.9 Å². The number of carboxylic acids is 1. The fourth-order valence-corrected chi connectivity index (χ4v) is 2.75. The molecule has 1 heterocycles. The lowest BCUT2D eigenvalue weighted by atomic mass is 10.3. The molecule has 9 heteroatoms. The number of aromatic carboxylic acids is 1. The number of nitrogens with zero attached hydrogens (tertiary/aromatic N) is 1. The summed E-state index contributed by atoms with van der Waals surface area (Å²) in [6.45, 7) is 0. The molecule has 0 fully saturated rings. The van der Waals surface area contributed by atoms with Crippen LogP contribution in [-0.2, 0) is 10.0 Å². The Morgan fingerprint density at radius 1 is 1.29 bits per heavy atom. The van der Waals surface area contributed by atoms with Crippen molar-refractivity contribution in [2.45, 2.75) is 4.90 Å². The molecule has 0 aliphatic rings. The quantitative estimate of drug-likeness (QED) is 0.897. The number of sulfonamides is 1. The van der Waals surface area contributed by atoms with Crippen LogP contribution in [0.25, 0.3) is 0 Å². The second-order valence-electron chi connectivity index (χ2n) is 3.92. The Morgan fingerprint density at radius 3 is 2.52 bits per heavy atom. The number of carboxylic acid groups (broad SMARTS) is 1. The average molecular weight is 331 g/mol. The molecule has 0 bridgehead atoms. The molecule has 2 rings (SSSR count). The van der Waals surface area contributed by atoms with E-state index in [1.165, 1.54) is 12.1 Å². The van der Waals surface area contributed by atoms with Crippen LogP contribution in [0.5, 0.6) is 0 Å². The van der Waals surface area contributed by atoms with Crippen molar-refractivity contribution in [3.8, 4) is 0 Å². The highest BCUT2D eigenvalue weighted by molar-refractivity contribution is 7.92. The molecule has 0 amide bonds. The number of anilines is 1. The number of halogens is 2. The van der Waals surface area contributed by atoms with Gasteiger partial charge in [0.25, 0.3) is 10.0 Å². The third kappa shape index (κ3) is 3.47. The highest BCUT2D eigenvalue weighted by atomic mass is 35.5. The molecule has 0 aliphatic heterocycles. The second-order valence-corrected chi connectivity index (χ2v) is 6.00. The highest BCUT2D eigenvalue weighted by Crippen LogP contribution is 2.21. The zero-order valence-electron chi connectivity index (χ0n) is 10.2.